The van der Waals surface area contributed by atoms with Gasteiger partial charge in [-0.15, -0.1) is 0 Å². The Hall–Kier alpha value is -2.63. The van der Waals surface area contributed by atoms with Gasteiger partial charge in [-0.3, -0.25) is 9.59 Å². The Morgan fingerprint density at radius 3 is 2.36 bits per heavy atom. The standard InChI is InChI=1S/C35H48O10/c1-8-23-17-25-34(19-43-25,45-21(4)36)28-30(44-31(39)22-13-11-10-12-14-22)35(40)18-24(37)20(3)26(32(35,5)6)27(29(38)33(23,28)7)42-16-15-41-9-2/h10-14,23-25,27-28,30,37,40H,8-9,15-19H2,1-7H3/t23-,24-,25+,27+,28?,30-,33+,34-,35+/m0/s1. The van der Waals surface area contributed by atoms with Gasteiger partial charge in [0.25, 0.3) is 0 Å². The molecule has 1 saturated heterocycles. The second-order valence-corrected chi connectivity index (χ2v) is 13.8. The molecule has 1 unspecified atom stereocenters. The second kappa shape index (κ2) is 12.2. The molecule has 10 heteroatoms. The van der Waals surface area contributed by atoms with Crippen LogP contribution in [0.1, 0.15) is 78.1 Å². The number of fused-ring (bicyclic) bond motifs is 5. The van der Waals surface area contributed by atoms with E-state index in [0.717, 1.165) is 0 Å². The van der Waals surface area contributed by atoms with Gasteiger partial charge in [-0.2, -0.15) is 0 Å². The van der Waals surface area contributed by atoms with Crippen molar-refractivity contribution < 1.29 is 48.3 Å². The molecule has 1 heterocycles. The summed E-state index contributed by atoms with van der Waals surface area (Å²) in [5.74, 6) is -2.86. The zero-order valence-electron chi connectivity index (χ0n) is 27.5. The highest BCUT2D eigenvalue weighted by Gasteiger charge is 2.77. The number of aliphatic hydroxyl groups excluding tert-OH is 1. The molecule has 1 aromatic carbocycles. The van der Waals surface area contributed by atoms with E-state index in [9.17, 15) is 19.8 Å². The predicted octanol–water partition coefficient (Wildman–Crippen LogP) is 3.81. The minimum absolute atomic E-state index is 0.0305. The van der Waals surface area contributed by atoms with Gasteiger partial charge < -0.3 is 33.9 Å². The minimum Gasteiger partial charge on any atom is -0.455 e. The first-order valence-corrected chi connectivity index (χ1v) is 16.1. The summed E-state index contributed by atoms with van der Waals surface area (Å²) in [6, 6.07) is 8.43. The Bertz CT molecular complexity index is 1340. The van der Waals surface area contributed by atoms with E-state index < -0.39 is 64.3 Å². The van der Waals surface area contributed by atoms with Crippen molar-refractivity contribution >= 4 is 17.7 Å². The predicted molar refractivity (Wildman–Crippen MR) is 163 cm³/mol. The molecular formula is C35H48O10. The van der Waals surface area contributed by atoms with Crippen molar-refractivity contribution in [2.45, 2.75) is 103 Å². The Morgan fingerprint density at radius 2 is 1.78 bits per heavy atom. The van der Waals surface area contributed by atoms with Crippen molar-refractivity contribution in [3.63, 3.8) is 0 Å². The van der Waals surface area contributed by atoms with Crippen molar-refractivity contribution in [2.24, 2.45) is 22.7 Å². The highest BCUT2D eigenvalue weighted by molar-refractivity contribution is 5.94. The number of ketones is 1. The number of Topliss-reactive ketones (excluding diaryl/α,β-unsaturated/α-hetero) is 1. The average Bonchev–Trinajstić information content (AvgIpc) is 2.98. The lowest BCUT2D eigenvalue weighted by Gasteiger charge is -2.68. The molecule has 1 aromatic rings. The molecule has 1 aliphatic heterocycles. The number of esters is 2. The van der Waals surface area contributed by atoms with Crippen LogP contribution in [0.2, 0.25) is 0 Å². The third kappa shape index (κ3) is 5.08. The second-order valence-electron chi connectivity index (χ2n) is 13.8. The molecule has 248 valence electrons. The fourth-order valence-electron chi connectivity index (χ4n) is 8.89. The van der Waals surface area contributed by atoms with Gasteiger partial charge in [0.05, 0.1) is 37.4 Å². The van der Waals surface area contributed by atoms with Gasteiger partial charge in [-0.1, -0.05) is 52.3 Å². The van der Waals surface area contributed by atoms with Crippen LogP contribution in [-0.4, -0.2) is 90.0 Å². The number of hydrogen-bond donors (Lipinski definition) is 2. The monoisotopic (exact) mass is 628 g/mol. The number of rotatable bonds is 9. The van der Waals surface area contributed by atoms with E-state index in [-0.39, 0.29) is 43.5 Å². The van der Waals surface area contributed by atoms with E-state index >= 15 is 4.79 Å². The summed E-state index contributed by atoms with van der Waals surface area (Å²) in [6.07, 6.45) is -3.43. The SMILES string of the molecule is CCOCCO[C@H]1C(=O)[C@@]2(C)C([C@H](OC(=O)c3ccccc3)[C@]3(O)C[C@H](O)C(C)=C1C3(C)C)[C@]1(OC(C)=O)CO[C@@H]1C[C@@H]2CC. The zero-order valence-corrected chi connectivity index (χ0v) is 27.5. The molecule has 2 saturated carbocycles. The molecule has 0 aromatic heterocycles. The third-order valence-electron chi connectivity index (χ3n) is 11.4. The van der Waals surface area contributed by atoms with Crippen LogP contribution in [-0.2, 0) is 33.3 Å². The quantitative estimate of drug-likeness (QED) is 0.236. The summed E-state index contributed by atoms with van der Waals surface area (Å²) < 4.78 is 30.6. The van der Waals surface area contributed by atoms with Crippen LogP contribution in [0.15, 0.2) is 41.5 Å². The molecule has 2 bridgehead atoms. The Labute approximate surface area is 265 Å². The van der Waals surface area contributed by atoms with Crippen LogP contribution in [0.3, 0.4) is 0 Å². The molecule has 4 aliphatic rings. The Kier molecular flexibility index (Phi) is 9.14. The number of hydrogen-bond acceptors (Lipinski definition) is 10. The Balaban J connectivity index is 1.80. The van der Waals surface area contributed by atoms with Gasteiger partial charge in [-0.05, 0) is 49.5 Å². The van der Waals surface area contributed by atoms with Gasteiger partial charge >= 0.3 is 11.9 Å². The molecule has 0 radical (unpaired) electrons. The maximum absolute atomic E-state index is 15.4. The maximum atomic E-state index is 15.4. The summed E-state index contributed by atoms with van der Waals surface area (Å²) >= 11 is 0. The fraction of sp³-hybridized carbons (Fsp3) is 0.686. The first-order chi connectivity index (χ1) is 21.2. The average molecular weight is 629 g/mol. The van der Waals surface area contributed by atoms with Crippen molar-refractivity contribution in [3.8, 4) is 0 Å². The Morgan fingerprint density at radius 1 is 1.09 bits per heavy atom. The van der Waals surface area contributed by atoms with Crippen molar-refractivity contribution in [3.05, 3.63) is 47.0 Å². The van der Waals surface area contributed by atoms with Gasteiger partial charge in [0.1, 0.15) is 23.9 Å². The lowest BCUT2D eigenvalue weighted by Crippen LogP contribution is -2.81. The molecular weight excluding hydrogens is 580 g/mol. The zero-order chi connectivity index (χ0) is 32.9. The molecule has 5 rings (SSSR count). The van der Waals surface area contributed by atoms with Gasteiger partial charge in [0.2, 0.25) is 0 Å². The normalized spacial score (nSPS) is 38.6. The lowest BCUT2D eigenvalue weighted by molar-refractivity contribution is -0.341. The van der Waals surface area contributed by atoms with E-state index in [0.29, 0.717) is 30.6 Å². The molecule has 2 N–H and O–H groups in total. The molecule has 3 fully saturated rings. The summed E-state index contributed by atoms with van der Waals surface area (Å²) in [6.45, 7) is 13.1. The van der Waals surface area contributed by atoms with Crippen LogP contribution in [0.25, 0.3) is 0 Å². The summed E-state index contributed by atoms with van der Waals surface area (Å²) in [4.78, 5) is 42.0. The topological polar surface area (TPSA) is 138 Å². The fourth-order valence-corrected chi connectivity index (χ4v) is 8.89. The van der Waals surface area contributed by atoms with E-state index in [4.69, 9.17) is 23.7 Å². The largest absolute Gasteiger partial charge is 0.455 e. The van der Waals surface area contributed by atoms with Crippen LogP contribution >= 0.6 is 0 Å². The molecule has 0 amide bonds. The van der Waals surface area contributed by atoms with E-state index in [1.165, 1.54) is 6.92 Å². The molecule has 45 heavy (non-hydrogen) atoms. The van der Waals surface area contributed by atoms with Gasteiger partial charge in [0, 0.05) is 30.8 Å². The van der Waals surface area contributed by atoms with Crippen molar-refractivity contribution in [2.75, 3.05) is 26.4 Å². The third-order valence-corrected chi connectivity index (χ3v) is 11.4. The number of ether oxygens (including phenoxy) is 5. The first-order valence-electron chi connectivity index (χ1n) is 16.1. The van der Waals surface area contributed by atoms with Gasteiger partial charge in [0.15, 0.2) is 11.4 Å². The molecule has 0 spiro atoms. The summed E-state index contributed by atoms with van der Waals surface area (Å²) in [7, 11) is 0. The van der Waals surface area contributed by atoms with Gasteiger partial charge in [-0.25, -0.2) is 4.79 Å². The maximum Gasteiger partial charge on any atom is 0.338 e. The molecule has 9 atom stereocenters. The van der Waals surface area contributed by atoms with E-state index in [1.807, 2.05) is 20.8 Å². The van der Waals surface area contributed by atoms with Crippen LogP contribution in [0, 0.1) is 22.7 Å². The van der Waals surface area contributed by atoms with Crippen molar-refractivity contribution in [1.82, 2.24) is 0 Å². The smallest absolute Gasteiger partial charge is 0.338 e. The summed E-state index contributed by atoms with van der Waals surface area (Å²) in [5, 5.41) is 24.7. The van der Waals surface area contributed by atoms with E-state index in [2.05, 4.69) is 0 Å². The number of aliphatic hydroxyl groups is 2. The number of carbonyl (C=O) groups is 3. The first kappa shape index (κ1) is 33.7. The minimum atomic E-state index is -1.91. The number of benzene rings is 1. The lowest BCUT2D eigenvalue weighted by atomic mass is 9.43. The van der Waals surface area contributed by atoms with Crippen LogP contribution in [0.4, 0.5) is 0 Å². The number of carbonyl (C=O) groups excluding carboxylic acids is 3. The van der Waals surface area contributed by atoms with Crippen molar-refractivity contribution in [1.29, 1.82) is 0 Å². The van der Waals surface area contributed by atoms with Crippen LogP contribution in [0.5, 0.6) is 0 Å². The molecule has 10 nitrogen and oxygen atoms in total. The van der Waals surface area contributed by atoms with Crippen LogP contribution < -0.4 is 0 Å². The highest BCUT2D eigenvalue weighted by Crippen LogP contribution is 2.66. The highest BCUT2D eigenvalue weighted by atomic mass is 16.6. The van der Waals surface area contributed by atoms with E-state index in [1.54, 1.807) is 51.1 Å². The summed E-state index contributed by atoms with van der Waals surface area (Å²) in [5.41, 5.74) is -4.55. The molecule has 3 aliphatic carbocycles.